The molecule has 1 aromatic carbocycles. The summed E-state index contributed by atoms with van der Waals surface area (Å²) in [7, 11) is 4.15. The van der Waals surface area contributed by atoms with Crippen molar-refractivity contribution in [1.29, 1.82) is 0 Å². The standard InChI is InChI=1S/C17H19FN2O.C2H6.CH3F/c1-20-7-3-4-13-8-15(14(11-18)9-16(13)20)12-5-6-19-17(10-12)21-2;2*1-2/h5-6,8-10H,3-4,7,11H2,1-2H3;1-2H3;1H3. The smallest absolute Gasteiger partial charge is 0.213 e. The van der Waals surface area contributed by atoms with Crippen LogP contribution in [-0.4, -0.2) is 32.9 Å². The van der Waals surface area contributed by atoms with Gasteiger partial charge in [-0.1, -0.05) is 13.8 Å². The van der Waals surface area contributed by atoms with E-state index >= 15 is 0 Å². The first-order valence-corrected chi connectivity index (χ1v) is 8.54. The second-order valence-electron chi connectivity index (χ2n) is 5.38. The average Bonchev–Trinajstić information content (AvgIpc) is 2.70. The molecule has 1 aliphatic heterocycles. The minimum Gasteiger partial charge on any atom is -0.481 e. The molecule has 1 aromatic heterocycles. The molecular formula is C20H28F2N2O. The van der Waals surface area contributed by atoms with Crippen LogP contribution in [-0.2, 0) is 13.1 Å². The Labute approximate surface area is 149 Å². The minimum atomic E-state index is -0.471. The van der Waals surface area contributed by atoms with E-state index < -0.39 is 6.67 Å². The van der Waals surface area contributed by atoms with Gasteiger partial charge in [-0.15, -0.1) is 0 Å². The lowest BCUT2D eigenvalue weighted by Gasteiger charge is -2.29. The summed E-state index contributed by atoms with van der Waals surface area (Å²) in [5.41, 5.74) is 5.04. The topological polar surface area (TPSA) is 25.4 Å². The highest BCUT2D eigenvalue weighted by molar-refractivity contribution is 5.73. The summed E-state index contributed by atoms with van der Waals surface area (Å²) in [6, 6.07) is 7.86. The largest absolute Gasteiger partial charge is 0.481 e. The third-order valence-electron chi connectivity index (χ3n) is 4.05. The van der Waals surface area contributed by atoms with E-state index in [9.17, 15) is 8.78 Å². The Morgan fingerprint density at radius 3 is 2.56 bits per heavy atom. The van der Waals surface area contributed by atoms with Gasteiger partial charge < -0.3 is 9.64 Å². The van der Waals surface area contributed by atoms with E-state index in [4.69, 9.17) is 4.74 Å². The molecular weight excluding hydrogens is 322 g/mol. The fraction of sp³-hybridized carbons (Fsp3) is 0.450. The molecule has 0 atom stereocenters. The summed E-state index contributed by atoms with van der Waals surface area (Å²) >= 11 is 0. The highest BCUT2D eigenvalue weighted by atomic mass is 19.1. The molecule has 0 aliphatic carbocycles. The molecule has 0 radical (unpaired) electrons. The van der Waals surface area contributed by atoms with Gasteiger partial charge in [-0.2, -0.15) is 0 Å². The van der Waals surface area contributed by atoms with Crippen LogP contribution >= 0.6 is 0 Å². The summed E-state index contributed by atoms with van der Waals surface area (Å²) in [6.07, 6.45) is 3.88. The lowest BCUT2D eigenvalue weighted by Crippen LogP contribution is -2.24. The van der Waals surface area contributed by atoms with Gasteiger partial charge in [0, 0.05) is 31.5 Å². The number of hydrogen-bond acceptors (Lipinski definition) is 3. The van der Waals surface area contributed by atoms with Gasteiger partial charge in [0.25, 0.3) is 0 Å². The van der Waals surface area contributed by atoms with Crippen molar-refractivity contribution < 1.29 is 13.5 Å². The first-order valence-electron chi connectivity index (χ1n) is 8.54. The van der Waals surface area contributed by atoms with Gasteiger partial charge in [0.05, 0.1) is 14.3 Å². The van der Waals surface area contributed by atoms with E-state index in [0.29, 0.717) is 13.1 Å². The van der Waals surface area contributed by atoms with Crippen molar-refractivity contribution in [3.63, 3.8) is 0 Å². The molecule has 0 unspecified atom stereocenters. The number of nitrogens with zero attached hydrogens (tertiary/aromatic N) is 2. The first-order chi connectivity index (χ1) is 12.2. The predicted octanol–water partition coefficient (Wildman–Crippen LogP) is 5.22. The van der Waals surface area contributed by atoms with Crippen molar-refractivity contribution >= 4 is 5.69 Å². The zero-order valence-corrected chi connectivity index (χ0v) is 15.8. The SMILES string of the molecule is CC.CF.COc1cc(-c2cc3c(cc2CF)N(C)CCC3)ccn1. The highest BCUT2D eigenvalue weighted by Gasteiger charge is 2.17. The maximum Gasteiger partial charge on any atom is 0.213 e. The maximum atomic E-state index is 13.5. The van der Waals surface area contributed by atoms with E-state index in [1.807, 2.05) is 32.0 Å². The number of rotatable bonds is 3. The fourth-order valence-corrected chi connectivity index (χ4v) is 2.93. The van der Waals surface area contributed by atoms with Gasteiger partial charge in [0.2, 0.25) is 5.88 Å². The summed E-state index contributed by atoms with van der Waals surface area (Å²) in [5.74, 6) is 0.548. The Morgan fingerprint density at radius 2 is 1.92 bits per heavy atom. The Balaban J connectivity index is 0.000000730. The summed E-state index contributed by atoms with van der Waals surface area (Å²) in [5, 5.41) is 0. The lowest BCUT2D eigenvalue weighted by atomic mass is 9.93. The van der Waals surface area contributed by atoms with Gasteiger partial charge in [0.1, 0.15) is 6.67 Å². The third-order valence-corrected chi connectivity index (χ3v) is 4.05. The second kappa shape index (κ2) is 10.6. The van der Waals surface area contributed by atoms with Crippen LogP contribution in [0.4, 0.5) is 14.5 Å². The van der Waals surface area contributed by atoms with Gasteiger partial charge >= 0.3 is 0 Å². The van der Waals surface area contributed by atoms with Gasteiger partial charge in [-0.3, -0.25) is 4.39 Å². The van der Waals surface area contributed by atoms with Crippen molar-refractivity contribution in [3.05, 3.63) is 41.6 Å². The van der Waals surface area contributed by atoms with Crippen LogP contribution in [0.3, 0.4) is 0 Å². The number of benzene rings is 1. The third kappa shape index (κ3) is 4.91. The molecule has 0 spiro atoms. The first kappa shape index (κ1) is 20.9. The fourth-order valence-electron chi connectivity index (χ4n) is 2.93. The number of alkyl halides is 2. The monoisotopic (exact) mass is 350 g/mol. The molecule has 2 aromatic rings. The number of anilines is 1. The average molecular weight is 350 g/mol. The molecule has 3 nitrogen and oxygen atoms in total. The van der Waals surface area contributed by atoms with Crippen LogP contribution in [0.25, 0.3) is 11.1 Å². The molecule has 2 heterocycles. The number of pyridine rings is 1. The quantitative estimate of drug-likeness (QED) is 0.759. The Kier molecular flexibility index (Phi) is 8.89. The number of halogens is 2. The molecule has 0 fully saturated rings. The van der Waals surface area contributed by atoms with Crippen molar-refractivity contribution in [1.82, 2.24) is 4.98 Å². The van der Waals surface area contributed by atoms with Gasteiger partial charge in [0.15, 0.2) is 0 Å². The number of aryl methyl sites for hydroxylation is 1. The van der Waals surface area contributed by atoms with Gasteiger partial charge in [-0.05, 0) is 53.3 Å². The molecule has 3 rings (SSSR count). The van der Waals surface area contributed by atoms with Crippen LogP contribution in [0.15, 0.2) is 30.5 Å². The van der Waals surface area contributed by atoms with Crippen molar-refractivity contribution in [2.75, 3.05) is 32.8 Å². The van der Waals surface area contributed by atoms with Crippen molar-refractivity contribution in [2.45, 2.75) is 33.4 Å². The molecule has 25 heavy (non-hydrogen) atoms. The van der Waals surface area contributed by atoms with E-state index in [2.05, 4.69) is 23.0 Å². The number of methoxy groups -OCH3 is 1. The van der Waals surface area contributed by atoms with E-state index in [-0.39, 0.29) is 0 Å². The van der Waals surface area contributed by atoms with Crippen LogP contribution < -0.4 is 9.64 Å². The zero-order valence-electron chi connectivity index (χ0n) is 15.8. The van der Waals surface area contributed by atoms with Crippen molar-refractivity contribution in [2.24, 2.45) is 0 Å². The summed E-state index contributed by atoms with van der Waals surface area (Å²) in [4.78, 5) is 6.32. The van der Waals surface area contributed by atoms with Crippen LogP contribution in [0.1, 0.15) is 31.4 Å². The summed E-state index contributed by atoms with van der Waals surface area (Å²) < 4.78 is 28.2. The maximum absolute atomic E-state index is 13.5. The van der Waals surface area contributed by atoms with Crippen LogP contribution in [0, 0.1) is 0 Å². The molecule has 1 aliphatic rings. The zero-order chi connectivity index (χ0) is 18.8. The minimum absolute atomic E-state index is 0.471. The van der Waals surface area contributed by atoms with Crippen molar-refractivity contribution in [3.8, 4) is 17.0 Å². The molecule has 138 valence electrons. The summed E-state index contributed by atoms with van der Waals surface area (Å²) in [6.45, 7) is 4.56. The van der Waals surface area contributed by atoms with Gasteiger partial charge in [-0.25, -0.2) is 9.37 Å². The normalized spacial score (nSPS) is 12.2. The Bertz CT molecular complexity index is 662. The molecule has 0 saturated heterocycles. The Hall–Kier alpha value is -2.17. The molecule has 0 saturated carbocycles. The van der Waals surface area contributed by atoms with E-state index in [1.165, 1.54) is 5.56 Å². The number of aromatic nitrogens is 1. The molecule has 0 N–H and O–H groups in total. The highest BCUT2D eigenvalue weighted by Crippen LogP contribution is 2.35. The van der Waals surface area contributed by atoms with E-state index in [0.717, 1.165) is 41.8 Å². The van der Waals surface area contributed by atoms with Crippen LogP contribution in [0.2, 0.25) is 0 Å². The predicted molar refractivity (Wildman–Crippen MR) is 101 cm³/mol. The number of hydrogen-bond donors (Lipinski definition) is 0. The molecule has 0 amide bonds. The lowest BCUT2D eigenvalue weighted by molar-refractivity contribution is 0.398. The molecule has 5 heteroatoms. The second-order valence-corrected chi connectivity index (χ2v) is 5.38. The van der Waals surface area contributed by atoms with E-state index in [1.54, 1.807) is 13.3 Å². The molecule has 0 bridgehead atoms. The van der Waals surface area contributed by atoms with Crippen LogP contribution in [0.5, 0.6) is 5.88 Å². The number of ether oxygens (including phenoxy) is 1. The Morgan fingerprint density at radius 1 is 1.20 bits per heavy atom. The number of fused-ring (bicyclic) bond motifs is 1.